The van der Waals surface area contributed by atoms with Crippen LogP contribution in [0.2, 0.25) is 0 Å². The van der Waals surface area contributed by atoms with Crippen LogP contribution in [0.5, 0.6) is 5.75 Å². The van der Waals surface area contributed by atoms with Crippen LogP contribution in [-0.4, -0.2) is 23.7 Å². The standard InChI is InChI=1S/C20H24N2O4/c1-3-12-26-18-10-8-16(9-11-18)14(2)22-20(25)21-13-15-4-6-17(7-5-15)19(23)24/h4-11,14H,3,12-13H2,1-2H3,(H,23,24)(H2,21,22,25). The van der Waals surface area contributed by atoms with Gasteiger partial charge in [0.25, 0.3) is 0 Å². The number of carboxylic acid groups (broad SMARTS) is 1. The quantitative estimate of drug-likeness (QED) is 0.672. The molecule has 0 saturated heterocycles. The van der Waals surface area contributed by atoms with Gasteiger partial charge in [0, 0.05) is 6.54 Å². The summed E-state index contributed by atoms with van der Waals surface area (Å²) in [6, 6.07) is 13.6. The van der Waals surface area contributed by atoms with Gasteiger partial charge in [-0.3, -0.25) is 0 Å². The van der Waals surface area contributed by atoms with Crippen molar-refractivity contribution in [3.63, 3.8) is 0 Å². The number of nitrogens with one attached hydrogen (secondary N) is 2. The lowest BCUT2D eigenvalue weighted by Gasteiger charge is -2.16. The number of urea groups is 1. The normalized spacial score (nSPS) is 11.5. The molecular weight excluding hydrogens is 332 g/mol. The summed E-state index contributed by atoms with van der Waals surface area (Å²) in [4.78, 5) is 22.9. The number of hydrogen-bond donors (Lipinski definition) is 3. The second-order valence-electron chi connectivity index (χ2n) is 5.97. The molecule has 2 aromatic rings. The van der Waals surface area contributed by atoms with Crippen molar-refractivity contribution < 1.29 is 19.4 Å². The summed E-state index contributed by atoms with van der Waals surface area (Å²) in [5.74, 6) is -0.153. The molecule has 2 aromatic carbocycles. The zero-order chi connectivity index (χ0) is 18.9. The molecule has 0 aliphatic heterocycles. The van der Waals surface area contributed by atoms with Gasteiger partial charge in [-0.25, -0.2) is 9.59 Å². The van der Waals surface area contributed by atoms with Crippen LogP contribution in [0.15, 0.2) is 48.5 Å². The van der Waals surface area contributed by atoms with Crippen LogP contribution in [0, 0.1) is 0 Å². The Morgan fingerprint density at radius 1 is 1.08 bits per heavy atom. The van der Waals surface area contributed by atoms with Crippen molar-refractivity contribution in [2.45, 2.75) is 32.9 Å². The van der Waals surface area contributed by atoms with Crippen LogP contribution in [0.4, 0.5) is 4.79 Å². The summed E-state index contributed by atoms with van der Waals surface area (Å²) in [7, 11) is 0. The van der Waals surface area contributed by atoms with E-state index in [-0.39, 0.29) is 17.6 Å². The second-order valence-corrected chi connectivity index (χ2v) is 5.97. The van der Waals surface area contributed by atoms with Gasteiger partial charge in [-0.15, -0.1) is 0 Å². The minimum Gasteiger partial charge on any atom is -0.494 e. The van der Waals surface area contributed by atoms with E-state index in [2.05, 4.69) is 17.6 Å². The zero-order valence-electron chi connectivity index (χ0n) is 15.0. The third kappa shape index (κ3) is 5.81. The van der Waals surface area contributed by atoms with Gasteiger partial charge in [-0.05, 0) is 48.7 Å². The Labute approximate surface area is 153 Å². The first-order chi connectivity index (χ1) is 12.5. The first-order valence-electron chi connectivity index (χ1n) is 8.59. The predicted molar refractivity (Wildman–Crippen MR) is 99.4 cm³/mol. The molecule has 2 rings (SSSR count). The van der Waals surface area contributed by atoms with Crippen molar-refractivity contribution in [3.05, 3.63) is 65.2 Å². The molecule has 0 radical (unpaired) electrons. The fourth-order valence-electron chi connectivity index (χ4n) is 2.35. The van der Waals surface area contributed by atoms with Crippen LogP contribution in [0.1, 0.15) is 47.8 Å². The predicted octanol–water partition coefficient (Wildman–Crippen LogP) is 3.73. The third-order valence-electron chi connectivity index (χ3n) is 3.85. The highest BCUT2D eigenvalue weighted by Crippen LogP contribution is 2.17. The molecule has 3 N–H and O–H groups in total. The van der Waals surface area contributed by atoms with Crippen molar-refractivity contribution in [2.75, 3.05) is 6.61 Å². The van der Waals surface area contributed by atoms with Gasteiger partial charge in [0.1, 0.15) is 5.75 Å². The minimum absolute atomic E-state index is 0.149. The smallest absolute Gasteiger partial charge is 0.335 e. The maximum atomic E-state index is 12.0. The lowest BCUT2D eigenvalue weighted by atomic mass is 10.1. The highest BCUT2D eigenvalue weighted by molar-refractivity contribution is 5.87. The Kier molecular flexibility index (Phi) is 7.02. The van der Waals surface area contributed by atoms with Gasteiger partial charge < -0.3 is 20.5 Å². The number of carbonyl (C=O) groups excluding carboxylic acids is 1. The number of hydrogen-bond acceptors (Lipinski definition) is 3. The van der Waals surface area contributed by atoms with Crippen molar-refractivity contribution in [1.82, 2.24) is 10.6 Å². The Bertz CT molecular complexity index is 726. The van der Waals surface area contributed by atoms with Crippen molar-refractivity contribution in [1.29, 1.82) is 0 Å². The van der Waals surface area contributed by atoms with Gasteiger partial charge in [0.2, 0.25) is 0 Å². The highest BCUT2D eigenvalue weighted by Gasteiger charge is 2.10. The first kappa shape index (κ1) is 19.3. The molecule has 0 saturated carbocycles. The molecule has 0 aromatic heterocycles. The molecule has 0 aliphatic rings. The Morgan fingerprint density at radius 2 is 1.73 bits per heavy atom. The van der Waals surface area contributed by atoms with E-state index in [0.717, 1.165) is 23.3 Å². The van der Waals surface area contributed by atoms with Crippen molar-refractivity contribution >= 4 is 12.0 Å². The lowest BCUT2D eigenvalue weighted by molar-refractivity contribution is 0.0697. The average Bonchev–Trinajstić information content (AvgIpc) is 2.65. The van der Waals surface area contributed by atoms with E-state index in [1.54, 1.807) is 12.1 Å². The van der Waals surface area contributed by atoms with Gasteiger partial charge in [-0.1, -0.05) is 31.2 Å². The van der Waals surface area contributed by atoms with Crippen LogP contribution in [0.3, 0.4) is 0 Å². The molecule has 1 unspecified atom stereocenters. The first-order valence-corrected chi connectivity index (χ1v) is 8.59. The number of aromatic carboxylic acids is 1. The molecule has 1 atom stereocenters. The van der Waals surface area contributed by atoms with Gasteiger partial charge in [-0.2, -0.15) is 0 Å². The third-order valence-corrected chi connectivity index (χ3v) is 3.85. The molecular formula is C20H24N2O4. The molecule has 0 bridgehead atoms. The Balaban J connectivity index is 1.81. The Hall–Kier alpha value is -3.02. The fraction of sp³-hybridized carbons (Fsp3) is 0.300. The van der Waals surface area contributed by atoms with Gasteiger partial charge in [0.05, 0.1) is 18.2 Å². The molecule has 0 spiro atoms. The van der Waals surface area contributed by atoms with E-state index in [4.69, 9.17) is 9.84 Å². The molecule has 26 heavy (non-hydrogen) atoms. The fourth-order valence-corrected chi connectivity index (χ4v) is 2.35. The topological polar surface area (TPSA) is 87.7 Å². The summed E-state index contributed by atoms with van der Waals surface area (Å²) in [5.41, 5.74) is 2.03. The average molecular weight is 356 g/mol. The summed E-state index contributed by atoms with van der Waals surface area (Å²) < 4.78 is 5.55. The van der Waals surface area contributed by atoms with E-state index < -0.39 is 5.97 Å². The minimum atomic E-state index is -0.970. The molecule has 2 amide bonds. The summed E-state index contributed by atoms with van der Waals surface area (Å²) >= 11 is 0. The number of amides is 2. The lowest BCUT2D eigenvalue weighted by Crippen LogP contribution is -2.36. The largest absolute Gasteiger partial charge is 0.494 e. The SMILES string of the molecule is CCCOc1ccc(C(C)NC(=O)NCc2ccc(C(=O)O)cc2)cc1. The van der Waals surface area contributed by atoms with Crippen molar-refractivity contribution in [3.8, 4) is 5.75 Å². The summed E-state index contributed by atoms with van der Waals surface area (Å²) in [6.07, 6.45) is 0.957. The number of rotatable bonds is 8. The molecule has 0 heterocycles. The van der Waals surface area contributed by atoms with E-state index in [0.29, 0.717) is 13.2 Å². The number of carboxylic acids is 1. The summed E-state index contributed by atoms with van der Waals surface area (Å²) in [5, 5.41) is 14.5. The zero-order valence-corrected chi connectivity index (χ0v) is 15.0. The molecule has 6 heteroatoms. The molecule has 6 nitrogen and oxygen atoms in total. The van der Waals surface area contributed by atoms with Gasteiger partial charge in [0.15, 0.2) is 0 Å². The maximum Gasteiger partial charge on any atom is 0.335 e. The van der Waals surface area contributed by atoms with Crippen LogP contribution in [0.25, 0.3) is 0 Å². The molecule has 138 valence electrons. The van der Waals surface area contributed by atoms with Gasteiger partial charge >= 0.3 is 12.0 Å². The van der Waals surface area contributed by atoms with E-state index >= 15 is 0 Å². The number of carbonyl (C=O) groups is 2. The highest BCUT2D eigenvalue weighted by atomic mass is 16.5. The van der Waals surface area contributed by atoms with E-state index in [1.807, 2.05) is 31.2 Å². The van der Waals surface area contributed by atoms with E-state index in [1.165, 1.54) is 12.1 Å². The molecule has 0 aliphatic carbocycles. The summed E-state index contributed by atoms with van der Waals surface area (Å²) in [6.45, 7) is 4.97. The number of ether oxygens (including phenoxy) is 1. The van der Waals surface area contributed by atoms with E-state index in [9.17, 15) is 9.59 Å². The monoisotopic (exact) mass is 356 g/mol. The maximum absolute atomic E-state index is 12.0. The number of benzene rings is 2. The Morgan fingerprint density at radius 3 is 2.31 bits per heavy atom. The van der Waals surface area contributed by atoms with Crippen LogP contribution < -0.4 is 15.4 Å². The molecule has 0 fully saturated rings. The van der Waals surface area contributed by atoms with Crippen molar-refractivity contribution in [2.24, 2.45) is 0 Å². The second kappa shape index (κ2) is 9.46. The van der Waals surface area contributed by atoms with Crippen LogP contribution in [-0.2, 0) is 6.54 Å². The van der Waals surface area contributed by atoms with Crippen LogP contribution >= 0.6 is 0 Å².